The summed E-state index contributed by atoms with van der Waals surface area (Å²) in [5.74, 6) is 1.80. The van der Waals surface area contributed by atoms with Crippen LogP contribution in [0.1, 0.15) is 71.6 Å². The standard InChI is InChI=1S/C17H33NO/c1-4-15-6-5-7-16(12-15)19-17(13-18-3)10-8-14(2)9-11-17/h14-16,18H,4-13H2,1-3H3. The van der Waals surface area contributed by atoms with Crippen LogP contribution in [0.15, 0.2) is 0 Å². The lowest BCUT2D eigenvalue weighted by Crippen LogP contribution is -2.47. The van der Waals surface area contributed by atoms with E-state index in [1.165, 1.54) is 57.8 Å². The van der Waals surface area contributed by atoms with Crippen LogP contribution in [0.2, 0.25) is 0 Å². The first kappa shape index (κ1) is 15.3. The molecule has 2 heteroatoms. The summed E-state index contributed by atoms with van der Waals surface area (Å²) in [6, 6.07) is 0. The molecule has 2 atom stereocenters. The van der Waals surface area contributed by atoms with Gasteiger partial charge in [0.05, 0.1) is 11.7 Å². The minimum absolute atomic E-state index is 0.140. The molecule has 2 unspecified atom stereocenters. The molecule has 1 N–H and O–H groups in total. The van der Waals surface area contributed by atoms with Crippen LogP contribution in [0.4, 0.5) is 0 Å². The van der Waals surface area contributed by atoms with E-state index >= 15 is 0 Å². The maximum atomic E-state index is 6.68. The second-order valence-electron chi connectivity index (χ2n) is 7.08. The number of ether oxygens (including phenoxy) is 1. The Bertz CT molecular complexity index is 258. The van der Waals surface area contributed by atoms with Gasteiger partial charge in [-0.1, -0.05) is 33.1 Å². The fraction of sp³-hybridized carbons (Fsp3) is 1.00. The van der Waals surface area contributed by atoms with Crippen LogP contribution >= 0.6 is 0 Å². The molecule has 0 aromatic heterocycles. The van der Waals surface area contributed by atoms with Gasteiger partial charge in [0, 0.05) is 6.54 Å². The van der Waals surface area contributed by atoms with Crippen molar-refractivity contribution in [3.63, 3.8) is 0 Å². The van der Waals surface area contributed by atoms with E-state index in [-0.39, 0.29) is 5.60 Å². The van der Waals surface area contributed by atoms with Gasteiger partial charge in [0.2, 0.25) is 0 Å². The number of nitrogens with one attached hydrogen (secondary N) is 1. The molecule has 2 rings (SSSR count). The summed E-state index contributed by atoms with van der Waals surface area (Å²) in [5, 5.41) is 3.38. The summed E-state index contributed by atoms with van der Waals surface area (Å²) in [7, 11) is 2.07. The highest BCUT2D eigenvalue weighted by molar-refractivity contribution is 4.90. The van der Waals surface area contributed by atoms with E-state index < -0.39 is 0 Å². The third-order valence-electron chi connectivity index (χ3n) is 5.41. The predicted octanol–water partition coefficient (Wildman–Crippen LogP) is 4.14. The molecule has 2 nitrogen and oxygen atoms in total. The smallest absolute Gasteiger partial charge is 0.0810 e. The Morgan fingerprint density at radius 3 is 2.53 bits per heavy atom. The molecule has 2 fully saturated rings. The largest absolute Gasteiger partial charge is 0.370 e. The highest BCUT2D eigenvalue weighted by atomic mass is 16.5. The van der Waals surface area contributed by atoms with Gasteiger partial charge in [-0.3, -0.25) is 0 Å². The average Bonchev–Trinajstić information content (AvgIpc) is 2.43. The van der Waals surface area contributed by atoms with Gasteiger partial charge in [-0.05, 0) is 57.4 Å². The summed E-state index contributed by atoms with van der Waals surface area (Å²) in [6.45, 7) is 5.75. The number of likely N-dealkylation sites (N-methyl/N-ethyl adjacent to an activating group) is 1. The van der Waals surface area contributed by atoms with Crippen LogP contribution in [-0.2, 0) is 4.74 Å². The van der Waals surface area contributed by atoms with Crippen LogP contribution in [-0.4, -0.2) is 25.3 Å². The van der Waals surface area contributed by atoms with Crippen molar-refractivity contribution < 1.29 is 4.74 Å². The van der Waals surface area contributed by atoms with E-state index in [1.54, 1.807) is 0 Å². The first-order valence-electron chi connectivity index (χ1n) is 8.50. The Morgan fingerprint density at radius 2 is 1.89 bits per heavy atom. The van der Waals surface area contributed by atoms with Crippen LogP contribution < -0.4 is 5.32 Å². The third kappa shape index (κ3) is 4.19. The molecular formula is C17H33NO. The van der Waals surface area contributed by atoms with Gasteiger partial charge in [-0.25, -0.2) is 0 Å². The van der Waals surface area contributed by atoms with Gasteiger partial charge in [0.1, 0.15) is 0 Å². The Kier molecular flexibility index (Phi) is 5.70. The normalized spacial score (nSPS) is 40.3. The van der Waals surface area contributed by atoms with Gasteiger partial charge < -0.3 is 10.1 Å². The molecule has 112 valence electrons. The minimum atomic E-state index is 0.140. The molecule has 0 bridgehead atoms. The van der Waals surface area contributed by atoms with E-state index in [9.17, 15) is 0 Å². The predicted molar refractivity (Wildman–Crippen MR) is 81.4 cm³/mol. The topological polar surface area (TPSA) is 21.3 Å². The molecular weight excluding hydrogens is 234 g/mol. The first-order valence-corrected chi connectivity index (χ1v) is 8.50. The Morgan fingerprint density at radius 1 is 1.16 bits per heavy atom. The molecule has 0 aromatic carbocycles. The summed E-state index contributed by atoms with van der Waals surface area (Å²) in [6.07, 6.45) is 12.4. The van der Waals surface area contributed by atoms with Gasteiger partial charge in [0.15, 0.2) is 0 Å². The maximum Gasteiger partial charge on any atom is 0.0810 e. The summed E-state index contributed by atoms with van der Waals surface area (Å²) in [4.78, 5) is 0. The third-order valence-corrected chi connectivity index (χ3v) is 5.41. The average molecular weight is 267 g/mol. The molecule has 19 heavy (non-hydrogen) atoms. The SMILES string of the molecule is CCC1CCCC(OC2(CNC)CCC(C)CC2)C1. The van der Waals surface area contributed by atoms with Crippen LogP contribution in [0.3, 0.4) is 0 Å². The molecule has 0 saturated heterocycles. The summed E-state index contributed by atoms with van der Waals surface area (Å²) >= 11 is 0. The Balaban J connectivity index is 1.92. The van der Waals surface area contributed by atoms with Crippen molar-refractivity contribution in [2.75, 3.05) is 13.6 Å². The van der Waals surface area contributed by atoms with Crippen molar-refractivity contribution in [2.24, 2.45) is 11.8 Å². The van der Waals surface area contributed by atoms with Gasteiger partial charge in [-0.2, -0.15) is 0 Å². The zero-order valence-corrected chi connectivity index (χ0v) is 13.2. The van der Waals surface area contributed by atoms with Crippen molar-refractivity contribution in [1.82, 2.24) is 5.32 Å². The molecule has 0 amide bonds. The molecule has 0 spiro atoms. The van der Waals surface area contributed by atoms with E-state index in [0.717, 1.165) is 18.4 Å². The summed E-state index contributed by atoms with van der Waals surface area (Å²) in [5.41, 5.74) is 0.140. The molecule has 0 aromatic rings. The Labute approximate surface area is 119 Å². The van der Waals surface area contributed by atoms with Crippen molar-refractivity contribution in [2.45, 2.75) is 83.3 Å². The lowest BCUT2D eigenvalue weighted by molar-refractivity contribution is -0.131. The monoisotopic (exact) mass is 267 g/mol. The van der Waals surface area contributed by atoms with Gasteiger partial charge in [0.25, 0.3) is 0 Å². The molecule has 0 heterocycles. The second-order valence-corrected chi connectivity index (χ2v) is 7.08. The van der Waals surface area contributed by atoms with Gasteiger partial charge in [-0.15, -0.1) is 0 Å². The number of hydrogen-bond donors (Lipinski definition) is 1. The molecule has 2 aliphatic rings. The van der Waals surface area contributed by atoms with E-state index in [4.69, 9.17) is 4.74 Å². The molecule has 0 aliphatic heterocycles. The molecule has 2 aliphatic carbocycles. The second kappa shape index (κ2) is 7.08. The Hall–Kier alpha value is -0.0800. The van der Waals surface area contributed by atoms with Crippen molar-refractivity contribution in [3.05, 3.63) is 0 Å². The minimum Gasteiger partial charge on any atom is -0.370 e. The fourth-order valence-electron chi connectivity index (χ4n) is 4.02. The highest BCUT2D eigenvalue weighted by Crippen LogP contribution is 2.38. The van der Waals surface area contributed by atoms with Crippen molar-refractivity contribution in [3.8, 4) is 0 Å². The highest BCUT2D eigenvalue weighted by Gasteiger charge is 2.37. The number of rotatable bonds is 5. The molecule has 0 radical (unpaired) electrons. The van der Waals surface area contributed by atoms with Crippen LogP contribution in [0.5, 0.6) is 0 Å². The van der Waals surface area contributed by atoms with Crippen LogP contribution in [0.25, 0.3) is 0 Å². The zero-order chi connectivity index (χ0) is 13.7. The lowest BCUT2D eigenvalue weighted by atomic mass is 9.78. The van der Waals surface area contributed by atoms with E-state index in [0.29, 0.717) is 6.10 Å². The van der Waals surface area contributed by atoms with E-state index in [1.807, 2.05) is 0 Å². The molecule has 2 saturated carbocycles. The van der Waals surface area contributed by atoms with Crippen molar-refractivity contribution >= 4 is 0 Å². The fourth-order valence-corrected chi connectivity index (χ4v) is 4.02. The first-order chi connectivity index (χ1) is 9.17. The lowest BCUT2D eigenvalue weighted by Gasteiger charge is -2.43. The zero-order valence-electron chi connectivity index (χ0n) is 13.2. The van der Waals surface area contributed by atoms with Gasteiger partial charge >= 0.3 is 0 Å². The quantitative estimate of drug-likeness (QED) is 0.808. The van der Waals surface area contributed by atoms with Crippen LogP contribution in [0, 0.1) is 11.8 Å². The van der Waals surface area contributed by atoms with Crippen molar-refractivity contribution in [1.29, 1.82) is 0 Å². The summed E-state index contributed by atoms with van der Waals surface area (Å²) < 4.78 is 6.68. The van der Waals surface area contributed by atoms with E-state index in [2.05, 4.69) is 26.2 Å². The maximum absolute atomic E-state index is 6.68. The number of hydrogen-bond acceptors (Lipinski definition) is 2.